The van der Waals surface area contributed by atoms with Crippen molar-refractivity contribution in [1.82, 2.24) is 5.32 Å². The molecule has 0 unspecified atom stereocenters. The van der Waals surface area contributed by atoms with Crippen LogP contribution in [0.1, 0.15) is 29.6 Å². The maximum atomic E-state index is 12.4. The highest BCUT2D eigenvalue weighted by Crippen LogP contribution is 2.38. The van der Waals surface area contributed by atoms with Crippen molar-refractivity contribution in [2.75, 3.05) is 27.9 Å². The molecule has 0 heterocycles. The van der Waals surface area contributed by atoms with Gasteiger partial charge in [0, 0.05) is 11.6 Å². The van der Waals surface area contributed by atoms with Crippen molar-refractivity contribution < 1.29 is 19.0 Å². The number of amides is 1. The molecule has 0 aromatic heterocycles. The van der Waals surface area contributed by atoms with Crippen LogP contribution in [-0.4, -0.2) is 39.8 Å². The third-order valence-corrected chi connectivity index (χ3v) is 4.14. The first-order valence-corrected chi connectivity index (χ1v) is 7.43. The molecule has 22 heavy (non-hydrogen) atoms. The fourth-order valence-electron chi connectivity index (χ4n) is 2.90. The van der Waals surface area contributed by atoms with Gasteiger partial charge in [-0.25, -0.2) is 0 Å². The van der Waals surface area contributed by atoms with Crippen molar-refractivity contribution in [2.24, 2.45) is 11.7 Å². The summed E-state index contributed by atoms with van der Waals surface area (Å²) >= 11 is 0. The SMILES string of the molecule is COc1cc(C(=O)N[C@@H]2CC[C@H](CN)C2)cc(OC)c1OC. The predicted molar refractivity (Wildman–Crippen MR) is 83.7 cm³/mol. The lowest BCUT2D eigenvalue weighted by molar-refractivity contribution is 0.0936. The molecule has 6 heteroatoms. The van der Waals surface area contributed by atoms with E-state index in [1.807, 2.05) is 0 Å². The maximum absolute atomic E-state index is 12.4. The molecule has 1 saturated carbocycles. The van der Waals surface area contributed by atoms with E-state index < -0.39 is 0 Å². The van der Waals surface area contributed by atoms with Gasteiger partial charge >= 0.3 is 0 Å². The normalized spacial score (nSPS) is 20.5. The summed E-state index contributed by atoms with van der Waals surface area (Å²) in [5.74, 6) is 1.79. The lowest BCUT2D eigenvalue weighted by Gasteiger charge is -2.16. The molecule has 1 aliphatic carbocycles. The molecular formula is C16H24N2O4. The van der Waals surface area contributed by atoms with Crippen LogP contribution in [0.15, 0.2) is 12.1 Å². The molecule has 1 aromatic carbocycles. The summed E-state index contributed by atoms with van der Waals surface area (Å²) in [5, 5.41) is 3.05. The van der Waals surface area contributed by atoms with Crippen molar-refractivity contribution in [3.05, 3.63) is 17.7 Å². The molecule has 3 N–H and O–H groups in total. The summed E-state index contributed by atoms with van der Waals surface area (Å²) < 4.78 is 15.8. The van der Waals surface area contributed by atoms with Crippen molar-refractivity contribution in [3.63, 3.8) is 0 Å². The van der Waals surface area contributed by atoms with Gasteiger partial charge in [-0.1, -0.05) is 0 Å². The van der Waals surface area contributed by atoms with Gasteiger partial charge in [-0.3, -0.25) is 4.79 Å². The van der Waals surface area contributed by atoms with Crippen molar-refractivity contribution in [1.29, 1.82) is 0 Å². The molecule has 0 bridgehead atoms. The summed E-state index contributed by atoms with van der Waals surface area (Å²) in [4.78, 5) is 12.4. The van der Waals surface area contributed by atoms with E-state index in [9.17, 15) is 4.79 Å². The van der Waals surface area contributed by atoms with Crippen LogP contribution in [0.2, 0.25) is 0 Å². The topological polar surface area (TPSA) is 82.8 Å². The number of ether oxygens (including phenoxy) is 3. The fraction of sp³-hybridized carbons (Fsp3) is 0.562. The third-order valence-electron chi connectivity index (χ3n) is 4.14. The van der Waals surface area contributed by atoms with E-state index in [1.165, 1.54) is 21.3 Å². The zero-order valence-electron chi connectivity index (χ0n) is 13.3. The molecule has 6 nitrogen and oxygen atoms in total. The molecule has 1 aromatic rings. The Balaban J connectivity index is 2.16. The summed E-state index contributed by atoms with van der Waals surface area (Å²) in [6, 6.07) is 3.50. The Morgan fingerprint density at radius 2 is 1.82 bits per heavy atom. The lowest BCUT2D eigenvalue weighted by atomic mass is 10.1. The second kappa shape index (κ2) is 7.35. The van der Waals surface area contributed by atoms with Crippen LogP contribution in [-0.2, 0) is 0 Å². The number of rotatable bonds is 6. The Kier molecular flexibility index (Phi) is 5.49. The van der Waals surface area contributed by atoms with Crippen LogP contribution in [0.4, 0.5) is 0 Å². The molecule has 0 spiro atoms. The van der Waals surface area contributed by atoms with Crippen LogP contribution in [0.5, 0.6) is 17.2 Å². The predicted octanol–water partition coefficient (Wildman–Crippen LogP) is 1.57. The number of benzene rings is 1. The van der Waals surface area contributed by atoms with E-state index in [0.29, 0.717) is 35.3 Å². The number of methoxy groups -OCH3 is 3. The zero-order valence-corrected chi connectivity index (χ0v) is 13.3. The van der Waals surface area contributed by atoms with Gasteiger partial charge in [-0.2, -0.15) is 0 Å². The van der Waals surface area contributed by atoms with E-state index in [-0.39, 0.29) is 11.9 Å². The fourth-order valence-corrected chi connectivity index (χ4v) is 2.90. The largest absolute Gasteiger partial charge is 0.493 e. The second-order valence-electron chi connectivity index (χ2n) is 5.50. The van der Waals surface area contributed by atoms with Gasteiger partial charge < -0.3 is 25.3 Å². The molecule has 2 rings (SSSR count). The van der Waals surface area contributed by atoms with Crippen molar-refractivity contribution in [2.45, 2.75) is 25.3 Å². The lowest BCUT2D eigenvalue weighted by Crippen LogP contribution is -2.33. The van der Waals surface area contributed by atoms with Crippen LogP contribution in [0.25, 0.3) is 0 Å². The monoisotopic (exact) mass is 308 g/mol. The highest BCUT2D eigenvalue weighted by Gasteiger charge is 2.26. The highest BCUT2D eigenvalue weighted by atomic mass is 16.5. The summed E-state index contributed by atoms with van der Waals surface area (Å²) in [6.45, 7) is 0.677. The van der Waals surface area contributed by atoms with Gasteiger partial charge in [0.25, 0.3) is 5.91 Å². The van der Waals surface area contributed by atoms with E-state index in [1.54, 1.807) is 12.1 Å². The standard InChI is InChI=1S/C16H24N2O4/c1-20-13-7-11(8-14(21-2)15(13)22-3)16(19)18-12-5-4-10(6-12)9-17/h7-8,10,12H,4-6,9,17H2,1-3H3,(H,18,19)/t10-,12+/m0/s1. The summed E-state index contributed by atoms with van der Waals surface area (Å²) in [5.41, 5.74) is 6.18. The molecule has 2 atom stereocenters. The molecule has 0 aliphatic heterocycles. The molecule has 1 aliphatic rings. The third kappa shape index (κ3) is 3.44. The average molecular weight is 308 g/mol. The summed E-state index contributed by atoms with van der Waals surface area (Å²) in [6.07, 6.45) is 2.97. The van der Waals surface area contributed by atoms with Gasteiger partial charge in [0.05, 0.1) is 21.3 Å². The number of hydrogen-bond donors (Lipinski definition) is 2. The van der Waals surface area contributed by atoms with Crippen LogP contribution in [0.3, 0.4) is 0 Å². The Labute approximate surface area is 130 Å². The second-order valence-corrected chi connectivity index (χ2v) is 5.50. The van der Waals surface area contributed by atoms with E-state index in [0.717, 1.165) is 19.3 Å². The minimum absolute atomic E-state index is 0.137. The maximum Gasteiger partial charge on any atom is 0.251 e. The number of hydrogen-bond acceptors (Lipinski definition) is 5. The summed E-state index contributed by atoms with van der Waals surface area (Å²) in [7, 11) is 4.59. The van der Waals surface area contributed by atoms with Crippen molar-refractivity contribution in [3.8, 4) is 17.2 Å². The van der Waals surface area contributed by atoms with Gasteiger partial charge in [0.15, 0.2) is 11.5 Å². The Bertz CT molecular complexity index is 508. The van der Waals surface area contributed by atoms with Crippen LogP contribution < -0.4 is 25.3 Å². The number of nitrogens with one attached hydrogen (secondary N) is 1. The number of carbonyl (C=O) groups is 1. The van der Waals surface area contributed by atoms with Gasteiger partial charge in [0.2, 0.25) is 5.75 Å². The molecule has 122 valence electrons. The Hall–Kier alpha value is -1.95. The average Bonchev–Trinajstić information content (AvgIpc) is 3.00. The van der Waals surface area contributed by atoms with Gasteiger partial charge in [-0.05, 0) is 43.9 Å². The van der Waals surface area contributed by atoms with E-state index in [4.69, 9.17) is 19.9 Å². The minimum Gasteiger partial charge on any atom is -0.493 e. The molecule has 1 amide bonds. The Morgan fingerprint density at radius 3 is 2.27 bits per heavy atom. The first-order chi connectivity index (χ1) is 10.6. The first kappa shape index (κ1) is 16.4. The molecule has 1 fully saturated rings. The molecule has 0 radical (unpaired) electrons. The molecule has 0 saturated heterocycles. The highest BCUT2D eigenvalue weighted by molar-refractivity contribution is 5.95. The molecular weight excluding hydrogens is 284 g/mol. The van der Waals surface area contributed by atoms with E-state index >= 15 is 0 Å². The number of carbonyl (C=O) groups excluding carboxylic acids is 1. The first-order valence-electron chi connectivity index (χ1n) is 7.43. The smallest absolute Gasteiger partial charge is 0.251 e. The van der Waals surface area contributed by atoms with Gasteiger partial charge in [0.1, 0.15) is 0 Å². The Morgan fingerprint density at radius 1 is 1.18 bits per heavy atom. The van der Waals surface area contributed by atoms with E-state index in [2.05, 4.69) is 5.32 Å². The van der Waals surface area contributed by atoms with Crippen molar-refractivity contribution >= 4 is 5.91 Å². The number of nitrogens with two attached hydrogens (primary N) is 1. The van der Waals surface area contributed by atoms with Crippen LogP contribution >= 0.6 is 0 Å². The van der Waals surface area contributed by atoms with Crippen LogP contribution in [0, 0.1) is 5.92 Å². The van der Waals surface area contributed by atoms with Gasteiger partial charge in [-0.15, -0.1) is 0 Å². The quantitative estimate of drug-likeness (QED) is 0.833. The minimum atomic E-state index is -0.137. The zero-order chi connectivity index (χ0) is 16.1.